The molecular formula is C16H22N2O3. The van der Waals surface area contributed by atoms with Crippen molar-refractivity contribution in [3.05, 3.63) is 35.9 Å². The highest BCUT2D eigenvalue weighted by atomic mass is 16.5. The molecule has 0 aliphatic carbocycles. The monoisotopic (exact) mass is 290 g/mol. The summed E-state index contributed by atoms with van der Waals surface area (Å²) in [5, 5.41) is 6.12. The number of nitrogens with one attached hydrogen (secondary N) is 2. The summed E-state index contributed by atoms with van der Waals surface area (Å²) in [4.78, 5) is 22.7. The highest BCUT2D eigenvalue weighted by Gasteiger charge is 2.25. The van der Waals surface area contributed by atoms with Gasteiger partial charge in [-0.15, -0.1) is 0 Å². The molecule has 21 heavy (non-hydrogen) atoms. The van der Waals surface area contributed by atoms with Crippen molar-refractivity contribution >= 4 is 12.4 Å². The summed E-state index contributed by atoms with van der Waals surface area (Å²) in [5.74, 6) is 0.334. The first-order valence-corrected chi connectivity index (χ1v) is 7.41. The van der Waals surface area contributed by atoms with Crippen LogP contribution in [0, 0.1) is 5.92 Å². The molecule has 1 aliphatic heterocycles. The van der Waals surface area contributed by atoms with Crippen LogP contribution in [0.15, 0.2) is 30.3 Å². The molecule has 0 aromatic heterocycles. The fraction of sp³-hybridized carbons (Fsp3) is 0.500. The van der Waals surface area contributed by atoms with Gasteiger partial charge in [0.1, 0.15) is 12.9 Å². The molecule has 1 fully saturated rings. The van der Waals surface area contributed by atoms with E-state index in [1.54, 1.807) is 0 Å². The summed E-state index contributed by atoms with van der Waals surface area (Å²) in [6.07, 6.45) is 2.69. The number of carbonyl (C=O) groups excluding carboxylic acids is 2. The van der Waals surface area contributed by atoms with Gasteiger partial charge in [0, 0.05) is 12.5 Å². The lowest BCUT2D eigenvalue weighted by molar-refractivity contribution is -0.108. The van der Waals surface area contributed by atoms with E-state index >= 15 is 0 Å². The minimum absolute atomic E-state index is 0.132. The highest BCUT2D eigenvalue weighted by molar-refractivity contribution is 5.68. The molecule has 114 valence electrons. The SMILES string of the molecule is O=CCC(NC(=O)OCc1ccccc1)C1CCNCC1. The minimum atomic E-state index is -0.454. The van der Waals surface area contributed by atoms with Crippen molar-refractivity contribution < 1.29 is 14.3 Å². The third-order valence-electron chi connectivity index (χ3n) is 3.82. The van der Waals surface area contributed by atoms with E-state index in [2.05, 4.69) is 10.6 Å². The van der Waals surface area contributed by atoms with Crippen LogP contribution in [0.2, 0.25) is 0 Å². The van der Waals surface area contributed by atoms with E-state index in [-0.39, 0.29) is 12.6 Å². The topological polar surface area (TPSA) is 67.4 Å². The zero-order valence-corrected chi connectivity index (χ0v) is 12.1. The third-order valence-corrected chi connectivity index (χ3v) is 3.82. The fourth-order valence-corrected chi connectivity index (χ4v) is 2.64. The van der Waals surface area contributed by atoms with Gasteiger partial charge < -0.3 is 20.2 Å². The smallest absolute Gasteiger partial charge is 0.407 e. The second-order valence-corrected chi connectivity index (χ2v) is 5.30. The quantitative estimate of drug-likeness (QED) is 0.785. The summed E-state index contributed by atoms with van der Waals surface area (Å²) >= 11 is 0. The Morgan fingerprint density at radius 3 is 2.71 bits per heavy atom. The van der Waals surface area contributed by atoms with Crippen molar-refractivity contribution in [3.63, 3.8) is 0 Å². The number of ether oxygens (including phenoxy) is 1. The van der Waals surface area contributed by atoms with Crippen LogP contribution in [0.5, 0.6) is 0 Å². The van der Waals surface area contributed by atoms with E-state index in [0.29, 0.717) is 12.3 Å². The van der Waals surface area contributed by atoms with Gasteiger partial charge in [0.15, 0.2) is 0 Å². The number of hydrogen-bond donors (Lipinski definition) is 2. The number of carbonyl (C=O) groups is 2. The number of aldehydes is 1. The summed E-state index contributed by atoms with van der Waals surface area (Å²) < 4.78 is 5.21. The lowest BCUT2D eigenvalue weighted by Gasteiger charge is -2.30. The maximum absolute atomic E-state index is 11.9. The van der Waals surface area contributed by atoms with E-state index in [4.69, 9.17) is 4.74 Å². The van der Waals surface area contributed by atoms with Crippen LogP contribution in [0.3, 0.4) is 0 Å². The van der Waals surface area contributed by atoms with Crippen molar-refractivity contribution in [1.29, 1.82) is 0 Å². The second kappa shape index (κ2) is 8.42. The Morgan fingerprint density at radius 1 is 1.33 bits per heavy atom. The third kappa shape index (κ3) is 5.19. The molecule has 1 aromatic rings. The molecule has 0 radical (unpaired) electrons. The lowest BCUT2D eigenvalue weighted by atomic mass is 9.89. The van der Waals surface area contributed by atoms with Crippen molar-refractivity contribution in [2.75, 3.05) is 13.1 Å². The molecule has 1 heterocycles. The van der Waals surface area contributed by atoms with Crippen LogP contribution in [-0.2, 0) is 16.1 Å². The molecule has 1 amide bonds. The van der Waals surface area contributed by atoms with Crippen molar-refractivity contribution in [2.24, 2.45) is 5.92 Å². The summed E-state index contributed by atoms with van der Waals surface area (Å²) in [6.45, 7) is 2.11. The first kappa shape index (κ1) is 15.5. The van der Waals surface area contributed by atoms with Gasteiger partial charge in [-0.2, -0.15) is 0 Å². The molecule has 1 unspecified atom stereocenters. The number of benzene rings is 1. The van der Waals surface area contributed by atoms with Gasteiger partial charge in [-0.3, -0.25) is 0 Å². The predicted octanol–water partition coefficient (Wildman–Crippen LogP) is 1.87. The molecule has 1 aliphatic rings. The van der Waals surface area contributed by atoms with Gasteiger partial charge in [-0.1, -0.05) is 30.3 Å². The number of amides is 1. The van der Waals surface area contributed by atoms with Gasteiger partial charge in [0.05, 0.1) is 0 Å². The Balaban J connectivity index is 1.81. The fourth-order valence-electron chi connectivity index (χ4n) is 2.64. The molecule has 1 saturated heterocycles. The molecule has 2 N–H and O–H groups in total. The number of piperidine rings is 1. The van der Waals surface area contributed by atoms with Crippen LogP contribution in [0.1, 0.15) is 24.8 Å². The number of alkyl carbamates (subject to hydrolysis) is 1. The zero-order valence-electron chi connectivity index (χ0n) is 12.1. The molecule has 0 saturated carbocycles. The Morgan fingerprint density at radius 2 is 2.05 bits per heavy atom. The summed E-state index contributed by atoms with van der Waals surface area (Å²) in [5.41, 5.74) is 0.946. The van der Waals surface area contributed by atoms with E-state index in [0.717, 1.165) is 37.8 Å². The number of rotatable bonds is 6. The van der Waals surface area contributed by atoms with Crippen LogP contribution in [-0.4, -0.2) is 31.5 Å². The average molecular weight is 290 g/mol. The van der Waals surface area contributed by atoms with Crippen LogP contribution >= 0.6 is 0 Å². The van der Waals surface area contributed by atoms with Gasteiger partial charge in [-0.05, 0) is 37.4 Å². The van der Waals surface area contributed by atoms with Gasteiger partial charge >= 0.3 is 6.09 Å². The molecule has 1 atom stereocenters. The Bertz CT molecular complexity index is 444. The largest absolute Gasteiger partial charge is 0.445 e. The molecule has 2 rings (SSSR count). The van der Waals surface area contributed by atoms with Crippen molar-refractivity contribution in [1.82, 2.24) is 10.6 Å². The molecule has 5 heteroatoms. The summed E-state index contributed by atoms with van der Waals surface area (Å²) in [6, 6.07) is 9.40. The standard InChI is InChI=1S/C16H22N2O3/c19-11-8-15(14-6-9-17-10-7-14)18-16(20)21-12-13-4-2-1-3-5-13/h1-5,11,14-15,17H,6-10,12H2,(H,18,20). The van der Waals surface area contributed by atoms with E-state index in [9.17, 15) is 9.59 Å². The average Bonchev–Trinajstić information content (AvgIpc) is 2.54. The first-order valence-electron chi connectivity index (χ1n) is 7.41. The Kier molecular flexibility index (Phi) is 6.22. The molecule has 1 aromatic carbocycles. The normalized spacial score (nSPS) is 17.0. The van der Waals surface area contributed by atoms with Gasteiger partial charge in [-0.25, -0.2) is 4.79 Å². The minimum Gasteiger partial charge on any atom is -0.445 e. The first-order chi connectivity index (χ1) is 10.3. The highest BCUT2D eigenvalue weighted by Crippen LogP contribution is 2.18. The maximum Gasteiger partial charge on any atom is 0.407 e. The van der Waals surface area contributed by atoms with E-state index in [1.807, 2.05) is 30.3 Å². The molecule has 5 nitrogen and oxygen atoms in total. The number of hydrogen-bond acceptors (Lipinski definition) is 4. The van der Waals surface area contributed by atoms with Crippen LogP contribution < -0.4 is 10.6 Å². The summed E-state index contributed by atoms with van der Waals surface area (Å²) in [7, 11) is 0. The maximum atomic E-state index is 11.9. The molecule has 0 spiro atoms. The zero-order chi connectivity index (χ0) is 14.9. The van der Waals surface area contributed by atoms with Crippen LogP contribution in [0.25, 0.3) is 0 Å². The Labute approximate surface area is 125 Å². The lowest BCUT2D eigenvalue weighted by Crippen LogP contribution is -2.44. The van der Waals surface area contributed by atoms with E-state index < -0.39 is 6.09 Å². The van der Waals surface area contributed by atoms with Gasteiger partial charge in [0.25, 0.3) is 0 Å². The van der Waals surface area contributed by atoms with Crippen molar-refractivity contribution in [3.8, 4) is 0 Å². The molecular weight excluding hydrogens is 268 g/mol. The van der Waals surface area contributed by atoms with E-state index in [1.165, 1.54) is 0 Å². The predicted molar refractivity (Wildman–Crippen MR) is 79.8 cm³/mol. The Hall–Kier alpha value is -1.88. The van der Waals surface area contributed by atoms with Crippen molar-refractivity contribution in [2.45, 2.75) is 31.9 Å². The van der Waals surface area contributed by atoms with Crippen LogP contribution in [0.4, 0.5) is 4.79 Å². The second-order valence-electron chi connectivity index (χ2n) is 5.30. The molecule has 0 bridgehead atoms. The van der Waals surface area contributed by atoms with Gasteiger partial charge in [0.2, 0.25) is 0 Å².